The number of nitriles is 1. The molecule has 0 fully saturated rings. The lowest BCUT2D eigenvalue weighted by Crippen LogP contribution is -1.78. The summed E-state index contributed by atoms with van der Waals surface area (Å²) in [6, 6.07) is 5.14. The van der Waals surface area contributed by atoms with Gasteiger partial charge in [0, 0.05) is 14.7 Å². The summed E-state index contributed by atoms with van der Waals surface area (Å²) in [5.74, 6) is -0.266. The molecule has 2 aromatic rings. The highest BCUT2D eigenvalue weighted by Gasteiger charge is 2.14. The zero-order valence-corrected chi connectivity index (χ0v) is 9.67. The van der Waals surface area contributed by atoms with Crippen LogP contribution in [0.4, 0.5) is 4.39 Å². The molecule has 4 heteroatoms. The van der Waals surface area contributed by atoms with Gasteiger partial charge in [-0.3, -0.25) is 0 Å². The molecule has 0 saturated heterocycles. The number of rotatable bonds is 0. The van der Waals surface area contributed by atoms with Crippen molar-refractivity contribution in [3.63, 3.8) is 0 Å². The van der Waals surface area contributed by atoms with Crippen molar-refractivity contribution in [1.82, 2.24) is 0 Å². The van der Waals surface area contributed by atoms with Crippen molar-refractivity contribution in [2.75, 3.05) is 0 Å². The van der Waals surface area contributed by atoms with E-state index in [0.29, 0.717) is 15.6 Å². The van der Waals surface area contributed by atoms with Crippen LogP contribution in [0.3, 0.4) is 0 Å². The highest BCUT2D eigenvalue weighted by Crippen LogP contribution is 2.36. The van der Waals surface area contributed by atoms with Gasteiger partial charge in [-0.2, -0.15) is 5.26 Å². The number of fused-ring (bicyclic) bond motifs is 1. The lowest BCUT2D eigenvalue weighted by atomic mass is 10.1. The molecule has 0 aliphatic heterocycles. The van der Waals surface area contributed by atoms with E-state index in [0.717, 1.165) is 9.35 Å². The van der Waals surface area contributed by atoms with Crippen LogP contribution in [0, 0.1) is 24.1 Å². The van der Waals surface area contributed by atoms with Gasteiger partial charge in [0.05, 0.1) is 10.3 Å². The van der Waals surface area contributed by atoms with E-state index >= 15 is 0 Å². The molecule has 0 amide bonds. The molecule has 0 bridgehead atoms. The van der Waals surface area contributed by atoms with Crippen LogP contribution in [0.5, 0.6) is 0 Å². The third kappa shape index (κ3) is 1.24. The van der Waals surface area contributed by atoms with E-state index < -0.39 is 0 Å². The lowest BCUT2D eigenvalue weighted by molar-refractivity contribution is 0.641. The first kappa shape index (κ1) is 9.63. The zero-order chi connectivity index (χ0) is 10.3. The minimum atomic E-state index is -0.266. The molecule has 0 aliphatic carbocycles. The van der Waals surface area contributed by atoms with Gasteiger partial charge >= 0.3 is 0 Å². The third-order valence-electron chi connectivity index (χ3n) is 2.03. The number of hydrogen-bond donors (Lipinski definition) is 0. The van der Waals surface area contributed by atoms with Crippen LogP contribution in [0.15, 0.2) is 16.6 Å². The van der Waals surface area contributed by atoms with Gasteiger partial charge in [0.2, 0.25) is 0 Å². The fourth-order valence-corrected chi connectivity index (χ4v) is 3.08. The van der Waals surface area contributed by atoms with E-state index in [9.17, 15) is 4.39 Å². The molecule has 0 spiro atoms. The first-order valence-corrected chi connectivity index (χ1v) is 5.53. The van der Waals surface area contributed by atoms with Gasteiger partial charge in [0.25, 0.3) is 0 Å². The Bertz CT molecular complexity index is 553. The van der Waals surface area contributed by atoms with Crippen LogP contribution >= 0.6 is 27.3 Å². The predicted molar refractivity (Wildman–Crippen MR) is 58.9 cm³/mol. The molecular formula is C10H5BrFNS. The number of aryl methyl sites for hydroxylation is 1. The smallest absolute Gasteiger partial charge is 0.141 e. The van der Waals surface area contributed by atoms with Gasteiger partial charge in [-0.05, 0) is 19.1 Å². The second-order valence-corrected chi connectivity index (χ2v) is 4.96. The molecule has 1 aromatic carbocycles. The molecule has 0 radical (unpaired) electrons. The Morgan fingerprint density at radius 2 is 2.21 bits per heavy atom. The van der Waals surface area contributed by atoms with Gasteiger partial charge < -0.3 is 0 Å². The maximum atomic E-state index is 13.4. The SMILES string of the molecule is Cc1sc2c(F)ccc(Br)c2c1C#N. The van der Waals surface area contributed by atoms with Crippen molar-refractivity contribution in [3.05, 3.63) is 32.9 Å². The average Bonchev–Trinajstić information content (AvgIpc) is 2.50. The normalized spacial score (nSPS) is 10.4. The fraction of sp³-hybridized carbons (Fsp3) is 0.100. The van der Waals surface area contributed by atoms with Crippen molar-refractivity contribution in [3.8, 4) is 6.07 Å². The van der Waals surface area contributed by atoms with E-state index in [1.165, 1.54) is 17.4 Å². The van der Waals surface area contributed by atoms with Crippen molar-refractivity contribution in [1.29, 1.82) is 5.26 Å². The van der Waals surface area contributed by atoms with Crippen LogP contribution in [0.25, 0.3) is 10.1 Å². The molecule has 1 nitrogen and oxygen atoms in total. The molecule has 0 aliphatic rings. The largest absolute Gasteiger partial charge is 0.205 e. The number of thiophene rings is 1. The van der Waals surface area contributed by atoms with Crippen molar-refractivity contribution >= 4 is 37.4 Å². The second kappa shape index (κ2) is 3.34. The average molecular weight is 270 g/mol. The summed E-state index contributed by atoms with van der Waals surface area (Å²) in [5, 5.41) is 9.62. The first-order valence-electron chi connectivity index (χ1n) is 3.92. The summed E-state index contributed by atoms with van der Waals surface area (Å²) in [5.41, 5.74) is 0.566. The Morgan fingerprint density at radius 1 is 1.50 bits per heavy atom. The summed E-state index contributed by atoms with van der Waals surface area (Å²) >= 11 is 4.64. The minimum Gasteiger partial charge on any atom is -0.205 e. The molecule has 14 heavy (non-hydrogen) atoms. The van der Waals surface area contributed by atoms with E-state index in [1.54, 1.807) is 6.07 Å². The van der Waals surface area contributed by atoms with Crippen LogP contribution in [0.1, 0.15) is 10.4 Å². The van der Waals surface area contributed by atoms with Gasteiger partial charge in [-0.15, -0.1) is 11.3 Å². The summed E-state index contributed by atoms with van der Waals surface area (Å²) in [7, 11) is 0. The molecule has 70 valence electrons. The highest BCUT2D eigenvalue weighted by atomic mass is 79.9. The zero-order valence-electron chi connectivity index (χ0n) is 7.27. The van der Waals surface area contributed by atoms with Gasteiger partial charge in [0.15, 0.2) is 0 Å². The third-order valence-corrected chi connectivity index (χ3v) is 3.80. The number of hydrogen-bond acceptors (Lipinski definition) is 2. The molecule has 0 unspecified atom stereocenters. The summed E-state index contributed by atoms with van der Waals surface area (Å²) in [4.78, 5) is 0.855. The Balaban J connectivity index is 3.03. The topological polar surface area (TPSA) is 23.8 Å². The van der Waals surface area contributed by atoms with E-state index in [4.69, 9.17) is 5.26 Å². The molecule has 1 aromatic heterocycles. The Morgan fingerprint density at radius 3 is 2.86 bits per heavy atom. The molecule has 0 N–H and O–H groups in total. The highest BCUT2D eigenvalue weighted by molar-refractivity contribution is 9.10. The Kier molecular flexibility index (Phi) is 2.30. The minimum absolute atomic E-state index is 0.266. The van der Waals surface area contributed by atoms with Crippen LogP contribution in [-0.4, -0.2) is 0 Å². The van der Waals surface area contributed by atoms with E-state index in [1.807, 2.05) is 6.92 Å². The summed E-state index contributed by atoms with van der Waals surface area (Å²) in [6.07, 6.45) is 0. The van der Waals surface area contributed by atoms with Crippen LogP contribution in [-0.2, 0) is 0 Å². The molecule has 0 atom stereocenters. The van der Waals surface area contributed by atoms with Crippen LogP contribution < -0.4 is 0 Å². The standard InChI is InChI=1S/C10H5BrFNS/c1-5-6(4-13)9-7(11)2-3-8(12)10(9)14-5/h2-3H,1H3. The van der Waals surface area contributed by atoms with Crippen molar-refractivity contribution in [2.24, 2.45) is 0 Å². The quantitative estimate of drug-likeness (QED) is 0.710. The number of nitrogens with zero attached hydrogens (tertiary/aromatic N) is 1. The monoisotopic (exact) mass is 269 g/mol. The van der Waals surface area contributed by atoms with Crippen LogP contribution in [0.2, 0.25) is 0 Å². The van der Waals surface area contributed by atoms with Gasteiger partial charge in [-0.1, -0.05) is 15.9 Å². The first-order chi connectivity index (χ1) is 6.65. The summed E-state index contributed by atoms with van der Waals surface area (Å²) < 4.78 is 14.7. The number of benzene rings is 1. The maximum Gasteiger partial charge on any atom is 0.141 e. The molecular weight excluding hydrogens is 265 g/mol. The number of halogens is 2. The summed E-state index contributed by atoms with van der Waals surface area (Å²) in [6.45, 7) is 1.83. The molecule has 1 heterocycles. The molecule has 2 rings (SSSR count). The fourth-order valence-electron chi connectivity index (χ4n) is 1.38. The Labute approximate surface area is 92.9 Å². The van der Waals surface area contributed by atoms with Crippen molar-refractivity contribution in [2.45, 2.75) is 6.92 Å². The van der Waals surface area contributed by atoms with Crippen molar-refractivity contribution < 1.29 is 4.39 Å². The second-order valence-electron chi connectivity index (χ2n) is 2.88. The van der Waals surface area contributed by atoms with Gasteiger partial charge in [0.1, 0.15) is 11.9 Å². The van der Waals surface area contributed by atoms with E-state index in [-0.39, 0.29) is 5.82 Å². The maximum absolute atomic E-state index is 13.4. The lowest BCUT2D eigenvalue weighted by Gasteiger charge is -1.95. The van der Waals surface area contributed by atoms with Gasteiger partial charge in [-0.25, -0.2) is 4.39 Å². The Hall–Kier alpha value is -0.920. The molecule has 0 saturated carbocycles. The predicted octanol–water partition coefficient (Wildman–Crippen LogP) is 3.98. The van der Waals surface area contributed by atoms with E-state index in [2.05, 4.69) is 22.0 Å².